The molecule has 0 aliphatic heterocycles. The number of aliphatic hydroxyl groups is 1. The maximum atomic E-state index is 9.17. The number of aliphatic hydroxyl groups excluding tert-OH is 1. The van der Waals surface area contributed by atoms with E-state index >= 15 is 0 Å². The largest absolute Gasteiger partial charge is 0.395 e. The molecule has 0 amide bonds. The molecule has 0 spiro atoms. The number of hydrogen-bond acceptors (Lipinski definition) is 4. The number of likely N-dealkylation sites (N-methyl/N-ethyl adjacent to an activating group) is 1. The molecular weight excluding hydrogens is 234 g/mol. The van der Waals surface area contributed by atoms with Crippen molar-refractivity contribution >= 4 is 22.8 Å². The van der Waals surface area contributed by atoms with Crippen LogP contribution in [0.3, 0.4) is 0 Å². The summed E-state index contributed by atoms with van der Waals surface area (Å²) in [5, 5.41) is 13.3. The Morgan fingerprint density at radius 1 is 1.47 bits per heavy atom. The van der Waals surface area contributed by atoms with Crippen molar-refractivity contribution < 1.29 is 5.11 Å². The van der Waals surface area contributed by atoms with Gasteiger partial charge in [-0.05, 0) is 18.7 Å². The van der Waals surface area contributed by atoms with Crippen LogP contribution in [0, 0.1) is 0 Å². The molecule has 0 aliphatic rings. The molecule has 1 heterocycles. The highest BCUT2D eigenvalue weighted by molar-refractivity contribution is 7.99. The molecule has 5 heteroatoms. The van der Waals surface area contributed by atoms with Crippen LogP contribution in [0.25, 0.3) is 11.0 Å². The van der Waals surface area contributed by atoms with Crippen LogP contribution in [0.2, 0.25) is 0 Å². The van der Waals surface area contributed by atoms with Crippen LogP contribution < -0.4 is 5.32 Å². The lowest BCUT2D eigenvalue weighted by Gasteiger charge is -2.12. The van der Waals surface area contributed by atoms with Crippen molar-refractivity contribution in [2.75, 3.05) is 18.9 Å². The molecule has 92 valence electrons. The summed E-state index contributed by atoms with van der Waals surface area (Å²) < 4.78 is 0. The normalized spacial score (nSPS) is 13.1. The molecule has 0 saturated carbocycles. The highest BCUT2D eigenvalue weighted by Gasteiger charge is 2.08. The molecule has 2 aromatic rings. The van der Waals surface area contributed by atoms with Crippen molar-refractivity contribution in [1.82, 2.24) is 15.3 Å². The maximum Gasteiger partial charge on any atom is 0.166 e. The van der Waals surface area contributed by atoms with Gasteiger partial charge in [0, 0.05) is 11.8 Å². The van der Waals surface area contributed by atoms with E-state index in [0.717, 1.165) is 28.5 Å². The van der Waals surface area contributed by atoms with Gasteiger partial charge in [0.25, 0.3) is 0 Å². The zero-order valence-electron chi connectivity index (χ0n) is 9.81. The van der Waals surface area contributed by atoms with Gasteiger partial charge in [-0.3, -0.25) is 0 Å². The minimum atomic E-state index is 0.123. The van der Waals surface area contributed by atoms with Crippen LogP contribution in [0.4, 0.5) is 0 Å². The van der Waals surface area contributed by atoms with E-state index < -0.39 is 0 Å². The number of thioether (sulfide) groups is 1. The van der Waals surface area contributed by atoms with Gasteiger partial charge in [0.15, 0.2) is 5.16 Å². The lowest BCUT2D eigenvalue weighted by atomic mass is 10.3. The van der Waals surface area contributed by atoms with Gasteiger partial charge in [-0.15, -0.1) is 0 Å². The number of rotatable bonds is 6. The highest BCUT2D eigenvalue weighted by atomic mass is 32.2. The Bertz CT molecular complexity index is 438. The van der Waals surface area contributed by atoms with Gasteiger partial charge in [0.05, 0.1) is 17.6 Å². The standard InChI is InChI=1S/C12H17N3OS/c1-2-13-9(7-16)8-17-12-14-10-5-3-4-6-11(10)15-12/h3-6,9,13,16H,2,7-8H2,1H3,(H,14,15). The molecule has 0 aliphatic carbocycles. The summed E-state index contributed by atoms with van der Waals surface area (Å²) in [7, 11) is 0. The summed E-state index contributed by atoms with van der Waals surface area (Å²) in [4.78, 5) is 7.74. The van der Waals surface area contributed by atoms with Crippen LogP contribution in [0.5, 0.6) is 0 Å². The number of imidazole rings is 1. The minimum Gasteiger partial charge on any atom is -0.395 e. The summed E-state index contributed by atoms with van der Waals surface area (Å²) in [6.07, 6.45) is 0. The zero-order valence-corrected chi connectivity index (χ0v) is 10.6. The van der Waals surface area contributed by atoms with Crippen LogP contribution >= 0.6 is 11.8 Å². The van der Waals surface area contributed by atoms with Gasteiger partial charge in [0.2, 0.25) is 0 Å². The van der Waals surface area contributed by atoms with Crippen molar-refractivity contribution in [3.8, 4) is 0 Å². The SMILES string of the molecule is CCNC(CO)CSc1nc2ccccc2[nH]1. The van der Waals surface area contributed by atoms with Crippen LogP contribution in [-0.2, 0) is 0 Å². The van der Waals surface area contributed by atoms with Crippen molar-refractivity contribution in [3.05, 3.63) is 24.3 Å². The first-order valence-corrected chi connectivity index (χ1v) is 6.74. The molecule has 1 atom stereocenters. The lowest BCUT2D eigenvalue weighted by molar-refractivity contribution is 0.255. The van der Waals surface area contributed by atoms with Gasteiger partial charge in [-0.25, -0.2) is 4.98 Å². The average Bonchev–Trinajstić information content (AvgIpc) is 2.77. The topological polar surface area (TPSA) is 60.9 Å². The van der Waals surface area contributed by atoms with E-state index in [4.69, 9.17) is 5.11 Å². The molecular formula is C12H17N3OS. The Balaban J connectivity index is 1.98. The van der Waals surface area contributed by atoms with Crippen LogP contribution in [0.15, 0.2) is 29.4 Å². The molecule has 0 radical (unpaired) electrons. The first-order valence-electron chi connectivity index (χ1n) is 5.75. The molecule has 1 unspecified atom stereocenters. The van der Waals surface area contributed by atoms with Gasteiger partial charge < -0.3 is 15.4 Å². The van der Waals surface area contributed by atoms with E-state index in [0.29, 0.717) is 0 Å². The monoisotopic (exact) mass is 251 g/mol. The number of para-hydroxylation sites is 2. The zero-order chi connectivity index (χ0) is 12.1. The van der Waals surface area contributed by atoms with Crippen molar-refractivity contribution in [2.45, 2.75) is 18.1 Å². The van der Waals surface area contributed by atoms with E-state index in [2.05, 4.69) is 15.3 Å². The molecule has 0 bridgehead atoms. The van der Waals surface area contributed by atoms with Crippen molar-refractivity contribution in [1.29, 1.82) is 0 Å². The summed E-state index contributed by atoms with van der Waals surface area (Å²) >= 11 is 1.63. The fourth-order valence-electron chi connectivity index (χ4n) is 1.64. The Morgan fingerprint density at radius 2 is 2.29 bits per heavy atom. The third-order valence-corrected chi connectivity index (χ3v) is 3.54. The second-order valence-electron chi connectivity index (χ2n) is 3.81. The summed E-state index contributed by atoms with van der Waals surface area (Å²) in [5.41, 5.74) is 2.04. The van der Waals surface area contributed by atoms with Gasteiger partial charge >= 0.3 is 0 Å². The number of benzene rings is 1. The molecule has 2 rings (SSSR count). The quantitative estimate of drug-likeness (QED) is 0.683. The minimum absolute atomic E-state index is 0.123. The first-order chi connectivity index (χ1) is 8.33. The third kappa shape index (κ3) is 3.21. The lowest BCUT2D eigenvalue weighted by Crippen LogP contribution is -2.34. The van der Waals surface area contributed by atoms with E-state index in [1.807, 2.05) is 31.2 Å². The van der Waals surface area contributed by atoms with Gasteiger partial charge in [-0.1, -0.05) is 30.8 Å². The second kappa shape index (κ2) is 6.05. The summed E-state index contributed by atoms with van der Waals surface area (Å²) in [6.45, 7) is 3.06. The Labute approximate surface area is 105 Å². The van der Waals surface area contributed by atoms with Gasteiger partial charge in [0.1, 0.15) is 0 Å². The smallest absolute Gasteiger partial charge is 0.166 e. The van der Waals surface area contributed by atoms with E-state index in [9.17, 15) is 0 Å². The molecule has 17 heavy (non-hydrogen) atoms. The first kappa shape index (κ1) is 12.4. The molecule has 4 nitrogen and oxygen atoms in total. The molecule has 1 aromatic heterocycles. The second-order valence-corrected chi connectivity index (χ2v) is 4.82. The number of fused-ring (bicyclic) bond motifs is 1. The van der Waals surface area contributed by atoms with E-state index in [-0.39, 0.29) is 12.6 Å². The summed E-state index contributed by atoms with van der Waals surface area (Å²) in [6, 6.07) is 8.10. The predicted octanol–water partition coefficient (Wildman–Crippen LogP) is 1.63. The number of nitrogens with zero attached hydrogens (tertiary/aromatic N) is 1. The van der Waals surface area contributed by atoms with Gasteiger partial charge in [-0.2, -0.15) is 0 Å². The molecule has 3 N–H and O–H groups in total. The Hall–Kier alpha value is -1.04. The molecule has 1 aromatic carbocycles. The van der Waals surface area contributed by atoms with Crippen LogP contribution in [0.1, 0.15) is 6.92 Å². The summed E-state index contributed by atoms with van der Waals surface area (Å²) in [5.74, 6) is 0.810. The number of nitrogens with one attached hydrogen (secondary N) is 2. The van der Waals surface area contributed by atoms with E-state index in [1.165, 1.54) is 0 Å². The molecule has 0 saturated heterocycles. The van der Waals surface area contributed by atoms with Crippen molar-refractivity contribution in [3.63, 3.8) is 0 Å². The maximum absolute atomic E-state index is 9.17. The van der Waals surface area contributed by atoms with Crippen LogP contribution in [-0.4, -0.2) is 40.0 Å². The number of hydrogen-bond donors (Lipinski definition) is 3. The Kier molecular flexibility index (Phi) is 4.42. The predicted molar refractivity (Wildman–Crippen MR) is 71.4 cm³/mol. The number of aromatic nitrogens is 2. The Morgan fingerprint density at radius 3 is 3.00 bits per heavy atom. The molecule has 0 fully saturated rings. The van der Waals surface area contributed by atoms with E-state index in [1.54, 1.807) is 11.8 Å². The van der Waals surface area contributed by atoms with Crippen molar-refractivity contribution in [2.24, 2.45) is 0 Å². The fraction of sp³-hybridized carbons (Fsp3) is 0.417. The fourth-order valence-corrected chi connectivity index (χ4v) is 2.57. The highest BCUT2D eigenvalue weighted by Crippen LogP contribution is 2.19. The average molecular weight is 251 g/mol. The number of aromatic amines is 1. The number of H-pyrrole nitrogens is 1. The third-order valence-electron chi connectivity index (χ3n) is 2.50.